The highest BCUT2D eigenvalue weighted by molar-refractivity contribution is 6.05. The number of hydrogen-bond donors (Lipinski definition) is 2. The van der Waals surface area contributed by atoms with E-state index in [4.69, 9.17) is 18.9 Å². The molecule has 200 valence electrons. The third kappa shape index (κ3) is 8.97. The van der Waals surface area contributed by atoms with Crippen molar-refractivity contribution in [1.82, 2.24) is 10.6 Å². The summed E-state index contributed by atoms with van der Waals surface area (Å²) in [6, 6.07) is 21.8. The quantitative estimate of drug-likeness (QED) is 0.243. The molecule has 0 unspecified atom stereocenters. The van der Waals surface area contributed by atoms with Crippen LogP contribution in [0.3, 0.4) is 0 Å². The molecule has 2 amide bonds. The molecule has 8 nitrogen and oxygen atoms in total. The smallest absolute Gasteiger partial charge is 0.267 e. The summed E-state index contributed by atoms with van der Waals surface area (Å²) in [6.07, 6.45) is 2.29. The van der Waals surface area contributed by atoms with Crippen LogP contribution in [0.4, 0.5) is 0 Å². The van der Waals surface area contributed by atoms with E-state index in [0.717, 1.165) is 11.1 Å². The Morgan fingerprint density at radius 2 is 1.50 bits per heavy atom. The Kier molecular flexibility index (Phi) is 11.2. The second-order valence-electron chi connectivity index (χ2n) is 8.40. The van der Waals surface area contributed by atoms with Gasteiger partial charge in [0.05, 0.1) is 7.11 Å². The molecule has 2 N–H and O–H groups in total. The van der Waals surface area contributed by atoms with E-state index >= 15 is 0 Å². The first kappa shape index (κ1) is 28.3. The molecular weight excluding hydrogens is 484 g/mol. The molecule has 0 saturated heterocycles. The number of ether oxygens (including phenoxy) is 4. The molecule has 0 aliphatic heterocycles. The monoisotopic (exact) mass is 518 g/mol. The summed E-state index contributed by atoms with van der Waals surface area (Å²) in [5.41, 5.74) is 2.38. The zero-order valence-electron chi connectivity index (χ0n) is 22.0. The van der Waals surface area contributed by atoms with Crippen LogP contribution in [0.5, 0.6) is 17.2 Å². The number of carbonyl (C=O) groups excluding carboxylic acids is 2. The summed E-state index contributed by atoms with van der Waals surface area (Å²) >= 11 is 0. The van der Waals surface area contributed by atoms with Crippen LogP contribution < -0.4 is 24.8 Å². The normalized spacial score (nSPS) is 11.0. The minimum Gasteiger partial charge on any atom is -0.493 e. The molecule has 0 bridgehead atoms. The van der Waals surface area contributed by atoms with Gasteiger partial charge in [0.15, 0.2) is 11.5 Å². The second-order valence-corrected chi connectivity index (χ2v) is 8.40. The molecule has 0 saturated carbocycles. The van der Waals surface area contributed by atoms with Crippen LogP contribution in [0.2, 0.25) is 0 Å². The van der Waals surface area contributed by atoms with Crippen molar-refractivity contribution in [3.05, 3.63) is 95.2 Å². The molecule has 3 rings (SSSR count). The van der Waals surface area contributed by atoms with Gasteiger partial charge in [-0.2, -0.15) is 0 Å². The molecule has 3 aromatic carbocycles. The number of amides is 2. The third-order valence-corrected chi connectivity index (χ3v) is 5.49. The summed E-state index contributed by atoms with van der Waals surface area (Å²) in [7, 11) is 3.20. The van der Waals surface area contributed by atoms with Crippen molar-refractivity contribution in [1.29, 1.82) is 0 Å². The van der Waals surface area contributed by atoms with Gasteiger partial charge in [0.2, 0.25) is 0 Å². The van der Waals surface area contributed by atoms with Gasteiger partial charge in [-0.25, -0.2) is 0 Å². The van der Waals surface area contributed by atoms with Crippen molar-refractivity contribution in [3.8, 4) is 17.2 Å². The van der Waals surface area contributed by atoms with Crippen molar-refractivity contribution in [2.75, 3.05) is 40.6 Å². The summed E-state index contributed by atoms with van der Waals surface area (Å²) in [5, 5.41) is 5.57. The Balaban J connectivity index is 1.62. The Hall–Kier alpha value is -4.30. The van der Waals surface area contributed by atoms with Gasteiger partial charge in [-0.15, -0.1) is 0 Å². The maximum absolute atomic E-state index is 12.9. The van der Waals surface area contributed by atoms with E-state index in [-0.39, 0.29) is 17.5 Å². The Labute approximate surface area is 223 Å². The summed E-state index contributed by atoms with van der Waals surface area (Å²) < 4.78 is 21.8. The largest absolute Gasteiger partial charge is 0.493 e. The van der Waals surface area contributed by atoms with E-state index in [1.165, 1.54) is 0 Å². The topological polar surface area (TPSA) is 95.1 Å². The predicted octanol–water partition coefficient (Wildman–Crippen LogP) is 4.39. The first-order valence-electron chi connectivity index (χ1n) is 12.4. The lowest BCUT2D eigenvalue weighted by atomic mass is 10.1. The fourth-order valence-corrected chi connectivity index (χ4v) is 3.45. The number of methoxy groups -OCH3 is 2. The van der Waals surface area contributed by atoms with E-state index < -0.39 is 0 Å². The van der Waals surface area contributed by atoms with Gasteiger partial charge in [-0.3, -0.25) is 9.59 Å². The number of hydrogen-bond acceptors (Lipinski definition) is 6. The lowest BCUT2D eigenvalue weighted by Gasteiger charge is -2.12. The SMILES string of the molecule is COCCCNC(=O)C(=Cc1ccc(OCCOc2ccccc2OC)cc1)NC(=O)c1ccc(C)cc1. The van der Waals surface area contributed by atoms with Crippen LogP contribution in [-0.2, 0) is 9.53 Å². The lowest BCUT2D eigenvalue weighted by molar-refractivity contribution is -0.117. The number of carbonyl (C=O) groups is 2. The van der Waals surface area contributed by atoms with Gasteiger partial charge in [0.1, 0.15) is 24.7 Å². The summed E-state index contributed by atoms with van der Waals surface area (Å²) in [6.45, 7) is 3.59. The second kappa shape index (κ2) is 15.1. The van der Waals surface area contributed by atoms with Crippen LogP contribution in [0, 0.1) is 6.92 Å². The van der Waals surface area contributed by atoms with Gasteiger partial charge in [0.25, 0.3) is 11.8 Å². The van der Waals surface area contributed by atoms with Gasteiger partial charge in [-0.1, -0.05) is 42.0 Å². The van der Waals surface area contributed by atoms with Crippen molar-refractivity contribution >= 4 is 17.9 Å². The van der Waals surface area contributed by atoms with Crippen molar-refractivity contribution in [3.63, 3.8) is 0 Å². The van der Waals surface area contributed by atoms with E-state index in [1.807, 2.05) is 55.5 Å². The fourth-order valence-electron chi connectivity index (χ4n) is 3.45. The fraction of sp³-hybridized carbons (Fsp3) is 0.267. The molecule has 0 atom stereocenters. The number of benzene rings is 3. The molecular formula is C30H34N2O6. The molecule has 0 fully saturated rings. The molecule has 0 aliphatic rings. The van der Waals surface area contributed by atoms with Gasteiger partial charge >= 0.3 is 0 Å². The van der Waals surface area contributed by atoms with Crippen LogP contribution in [0.1, 0.15) is 27.9 Å². The zero-order chi connectivity index (χ0) is 27.2. The highest BCUT2D eigenvalue weighted by Gasteiger charge is 2.14. The first-order valence-corrected chi connectivity index (χ1v) is 12.4. The Morgan fingerprint density at radius 1 is 0.816 bits per heavy atom. The minimum atomic E-state index is -0.379. The number of para-hydroxylation sites is 2. The van der Waals surface area contributed by atoms with Crippen LogP contribution in [0.25, 0.3) is 6.08 Å². The molecule has 0 aromatic heterocycles. The van der Waals surface area contributed by atoms with E-state index in [9.17, 15) is 9.59 Å². The molecule has 0 spiro atoms. The highest BCUT2D eigenvalue weighted by atomic mass is 16.5. The van der Waals surface area contributed by atoms with Gasteiger partial charge in [-0.05, 0) is 61.4 Å². The average Bonchev–Trinajstić information content (AvgIpc) is 2.94. The lowest BCUT2D eigenvalue weighted by Crippen LogP contribution is -2.35. The Morgan fingerprint density at radius 3 is 2.18 bits per heavy atom. The summed E-state index contributed by atoms with van der Waals surface area (Å²) in [5.74, 6) is 1.23. The van der Waals surface area contributed by atoms with Crippen molar-refractivity contribution < 1.29 is 28.5 Å². The maximum atomic E-state index is 12.9. The minimum absolute atomic E-state index is 0.145. The molecule has 3 aromatic rings. The molecule has 0 aliphatic carbocycles. The predicted molar refractivity (Wildman–Crippen MR) is 147 cm³/mol. The molecule has 0 radical (unpaired) electrons. The highest BCUT2D eigenvalue weighted by Crippen LogP contribution is 2.25. The van der Waals surface area contributed by atoms with Crippen molar-refractivity contribution in [2.24, 2.45) is 0 Å². The van der Waals surface area contributed by atoms with E-state index in [0.29, 0.717) is 55.6 Å². The molecule has 8 heteroatoms. The number of rotatable bonds is 14. The van der Waals surface area contributed by atoms with Gasteiger partial charge < -0.3 is 29.6 Å². The van der Waals surface area contributed by atoms with Crippen LogP contribution >= 0.6 is 0 Å². The number of aryl methyl sites for hydroxylation is 1. The molecule has 0 heterocycles. The average molecular weight is 519 g/mol. The van der Waals surface area contributed by atoms with Crippen LogP contribution in [0.15, 0.2) is 78.5 Å². The number of nitrogens with one attached hydrogen (secondary N) is 2. The van der Waals surface area contributed by atoms with Crippen LogP contribution in [-0.4, -0.2) is 52.4 Å². The van der Waals surface area contributed by atoms with E-state index in [1.54, 1.807) is 44.6 Å². The van der Waals surface area contributed by atoms with E-state index in [2.05, 4.69) is 10.6 Å². The third-order valence-electron chi connectivity index (χ3n) is 5.49. The van der Waals surface area contributed by atoms with Gasteiger partial charge in [0, 0.05) is 25.8 Å². The zero-order valence-corrected chi connectivity index (χ0v) is 22.0. The maximum Gasteiger partial charge on any atom is 0.267 e. The summed E-state index contributed by atoms with van der Waals surface area (Å²) in [4.78, 5) is 25.6. The Bertz CT molecular complexity index is 1210. The van der Waals surface area contributed by atoms with Crippen molar-refractivity contribution in [2.45, 2.75) is 13.3 Å². The molecule has 38 heavy (non-hydrogen) atoms. The standard InChI is InChI=1S/C30H34N2O6/c1-22-9-13-24(14-10-22)29(33)32-26(30(34)31-17-6-18-35-2)21-23-11-15-25(16-12-23)37-19-20-38-28-8-5-4-7-27(28)36-3/h4-5,7-16,21H,6,17-20H2,1-3H3,(H,31,34)(H,32,33). The first-order chi connectivity index (χ1) is 18.5.